The predicted octanol–water partition coefficient (Wildman–Crippen LogP) is 4.66. The van der Waals surface area contributed by atoms with Crippen molar-refractivity contribution in [1.82, 2.24) is 4.98 Å². The maximum Gasteiger partial charge on any atom is 0.263 e. The van der Waals surface area contributed by atoms with Gasteiger partial charge in [0.1, 0.15) is 11.8 Å². The number of nitrogens with one attached hydrogen (secondary N) is 1. The quantitative estimate of drug-likeness (QED) is 0.506. The molecule has 3 heterocycles. The van der Waals surface area contributed by atoms with E-state index in [0.717, 1.165) is 30.6 Å². The number of nitrogens with zero attached hydrogens (tertiary/aromatic N) is 3. The number of aromatic nitrogens is 1. The third-order valence-electron chi connectivity index (χ3n) is 6.15. The standard InChI is InChI=1S/C23H23ClN4O4S2.2H2/c1-32-21-7-5-17(34(30,31)26-23-25-9-12-33-23)14-20(21)28-11-8-19(22(28)29)27-10-2-3-15-13-16(24)4-6-18(15)27;;/h4-7,9,12-14,19H,2-3,8,10-11H2,1H3,(H,25,26);2*1H/t19-;;/m0../s1. The summed E-state index contributed by atoms with van der Waals surface area (Å²) in [5.74, 6) is 0.358. The Morgan fingerprint density at radius 2 is 2.06 bits per heavy atom. The Kier molecular flexibility index (Phi) is 6.13. The van der Waals surface area contributed by atoms with Gasteiger partial charge in [-0.05, 0) is 61.2 Å². The number of aryl methyl sites for hydroxylation is 1. The molecule has 182 valence electrons. The fourth-order valence-corrected chi connectivity index (χ4v) is 6.61. The number of amides is 1. The van der Waals surface area contributed by atoms with E-state index >= 15 is 0 Å². The van der Waals surface area contributed by atoms with Gasteiger partial charge in [-0.15, -0.1) is 11.3 Å². The minimum atomic E-state index is -3.87. The fourth-order valence-electron chi connectivity index (χ4n) is 4.61. The van der Waals surface area contributed by atoms with Crippen molar-refractivity contribution >= 4 is 55.4 Å². The predicted molar refractivity (Wildman–Crippen MR) is 138 cm³/mol. The first kappa shape index (κ1) is 22.9. The number of sulfonamides is 1. The maximum absolute atomic E-state index is 13.6. The Morgan fingerprint density at radius 1 is 1.21 bits per heavy atom. The van der Waals surface area contributed by atoms with E-state index in [-0.39, 0.29) is 24.8 Å². The summed E-state index contributed by atoms with van der Waals surface area (Å²) in [5.41, 5.74) is 2.61. The summed E-state index contributed by atoms with van der Waals surface area (Å²) in [7, 11) is -2.37. The molecule has 0 radical (unpaired) electrons. The lowest BCUT2D eigenvalue weighted by Crippen LogP contribution is -2.44. The van der Waals surface area contributed by atoms with Crippen LogP contribution in [-0.4, -0.2) is 45.6 Å². The second kappa shape index (κ2) is 9.09. The SMILES string of the molecule is COc1ccc(S(=O)(=O)Nc2nccs2)cc1N1CC[C@H](N2CCCc3cc(Cl)ccc32)C1=O.[HH].[HH]. The van der Waals surface area contributed by atoms with Crippen LogP contribution in [0.4, 0.5) is 16.5 Å². The summed E-state index contributed by atoms with van der Waals surface area (Å²) in [5, 5.41) is 2.65. The zero-order valence-corrected chi connectivity index (χ0v) is 20.8. The van der Waals surface area contributed by atoms with Crippen LogP contribution in [0.2, 0.25) is 5.02 Å². The fraction of sp³-hybridized carbons (Fsp3) is 0.304. The largest absolute Gasteiger partial charge is 0.495 e. The normalized spacial score (nSPS) is 18.2. The van der Waals surface area contributed by atoms with Gasteiger partial charge in [-0.25, -0.2) is 13.4 Å². The lowest BCUT2D eigenvalue weighted by Gasteiger charge is -2.35. The number of hydrogen-bond donors (Lipinski definition) is 1. The molecule has 1 N–H and O–H groups in total. The number of rotatable bonds is 6. The van der Waals surface area contributed by atoms with Crippen molar-refractivity contribution < 1.29 is 20.8 Å². The molecule has 0 saturated carbocycles. The number of methoxy groups -OCH3 is 1. The van der Waals surface area contributed by atoms with Gasteiger partial charge in [0.05, 0.1) is 17.7 Å². The van der Waals surface area contributed by atoms with E-state index in [4.69, 9.17) is 16.3 Å². The first-order valence-electron chi connectivity index (χ1n) is 10.8. The highest BCUT2D eigenvalue weighted by Crippen LogP contribution is 2.38. The molecule has 11 heteroatoms. The average molecular weight is 523 g/mol. The van der Waals surface area contributed by atoms with Gasteiger partial charge in [0.2, 0.25) is 5.91 Å². The molecule has 2 aliphatic rings. The van der Waals surface area contributed by atoms with Crippen molar-refractivity contribution in [3.8, 4) is 5.75 Å². The topological polar surface area (TPSA) is 91.8 Å². The summed E-state index contributed by atoms with van der Waals surface area (Å²) in [6, 6.07) is 9.98. The summed E-state index contributed by atoms with van der Waals surface area (Å²) >= 11 is 7.37. The van der Waals surface area contributed by atoms with Crippen LogP contribution in [0.3, 0.4) is 0 Å². The first-order valence-corrected chi connectivity index (χ1v) is 13.6. The number of halogens is 1. The molecule has 1 aromatic heterocycles. The maximum atomic E-state index is 13.6. The molecule has 2 aromatic carbocycles. The van der Waals surface area contributed by atoms with E-state index in [1.54, 1.807) is 16.3 Å². The molecule has 1 fully saturated rings. The van der Waals surface area contributed by atoms with Gasteiger partial charge >= 0.3 is 0 Å². The third kappa shape index (κ3) is 4.21. The molecule has 5 rings (SSSR count). The Hall–Kier alpha value is -2.82. The lowest BCUT2D eigenvalue weighted by atomic mass is 9.99. The van der Waals surface area contributed by atoms with Crippen LogP contribution in [0.1, 0.15) is 21.3 Å². The van der Waals surface area contributed by atoms with E-state index in [1.165, 1.54) is 36.8 Å². The summed E-state index contributed by atoms with van der Waals surface area (Å²) in [6.45, 7) is 1.24. The third-order valence-corrected chi connectivity index (χ3v) is 8.54. The van der Waals surface area contributed by atoms with Crippen LogP contribution in [0.25, 0.3) is 0 Å². The monoisotopic (exact) mass is 522 g/mol. The van der Waals surface area contributed by atoms with Crippen molar-refractivity contribution in [3.63, 3.8) is 0 Å². The molecule has 0 aliphatic carbocycles. The number of anilines is 3. The number of hydrogen-bond acceptors (Lipinski definition) is 7. The molecule has 0 spiro atoms. The molecule has 34 heavy (non-hydrogen) atoms. The molecule has 8 nitrogen and oxygen atoms in total. The first-order chi connectivity index (χ1) is 16.4. The Labute approximate surface area is 210 Å². The van der Waals surface area contributed by atoms with Crippen LogP contribution in [0, 0.1) is 0 Å². The average Bonchev–Trinajstić information content (AvgIpc) is 3.47. The van der Waals surface area contributed by atoms with Crippen molar-refractivity contribution in [1.29, 1.82) is 0 Å². The zero-order valence-electron chi connectivity index (χ0n) is 18.4. The summed E-state index contributed by atoms with van der Waals surface area (Å²) in [6.07, 6.45) is 4.02. The van der Waals surface area contributed by atoms with Gasteiger partial charge in [-0.3, -0.25) is 9.52 Å². The van der Waals surface area contributed by atoms with E-state index in [0.29, 0.717) is 29.4 Å². The van der Waals surface area contributed by atoms with Crippen molar-refractivity contribution in [2.24, 2.45) is 0 Å². The number of carbonyl (C=O) groups is 1. The molecule has 0 bridgehead atoms. The Bertz CT molecular complexity index is 1340. The van der Waals surface area contributed by atoms with Crippen LogP contribution in [-0.2, 0) is 21.2 Å². The summed E-state index contributed by atoms with van der Waals surface area (Å²) in [4.78, 5) is 21.4. The van der Waals surface area contributed by atoms with Gasteiger partial charge in [0.15, 0.2) is 5.13 Å². The van der Waals surface area contributed by atoms with E-state index in [1.807, 2.05) is 18.2 Å². The van der Waals surface area contributed by atoms with Crippen molar-refractivity contribution in [3.05, 3.63) is 58.6 Å². The second-order valence-corrected chi connectivity index (χ2v) is 11.2. The van der Waals surface area contributed by atoms with Crippen LogP contribution in [0.15, 0.2) is 52.9 Å². The molecule has 3 aromatic rings. The Balaban J connectivity index is 0.00000180. The van der Waals surface area contributed by atoms with Crippen LogP contribution in [0.5, 0.6) is 5.75 Å². The highest BCUT2D eigenvalue weighted by molar-refractivity contribution is 7.93. The van der Waals surface area contributed by atoms with Gasteiger partial charge in [0, 0.05) is 38.2 Å². The smallest absolute Gasteiger partial charge is 0.263 e. The molecular weight excluding hydrogens is 496 g/mol. The lowest BCUT2D eigenvalue weighted by molar-refractivity contribution is -0.118. The number of ether oxygens (including phenoxy) is 1. The minimum Gasteiger partial charge on any atom is -0.495 e. The van der Waals surface area contributed by atoms with E-state index < -0.39 is 10.0 Å². The number of fused-ring (bicyclic) bond motifs is 1. The van der Waals surface area contributed by atoms with Crippen LogP contribution >= 0.6 is 22.9 Å². The van der Waals surface area contributed by atoms with Crippen molar-refractivity contribution in [2.75, 3.05) is 34.7 Å². The number of benzene rings is 2. The molecule has 1 atom stereocenters. The van der Waals surface area contributed by atoms with Gasteiger partial charge in [-0.1, -0.05) is 11.6 Å². The molecule has 0 unspecified atom stereocenters. The highest BCUT2D eigenvalue weighted by atomic mass is 35.5. The minimum absolute atomic E-state index is 0. The molecule has 1 saturated heterocycles. The zero-order chi connectivity index (χ0) is 23.9. The molecular formula is C23H27ClN4O4S2. The van der Waals surface area contributed by atoms with E-state index in [2.05, 4.69) is 14.6 Å². The van der Waals surface area contributed by atoms with Crippen molar-refractivity contribution in [2.45, 2.75) is 30.2 Å². The van der Waals surface area contributed by atoms with E-state index in [9.17, 15) is 13.2 Å². The summed E-state index contributed by atoms with van der Waals surface area (Å²) < 4.78 is 33.8. The molecule has 2 aliphatic heterocycles. The molecule has 1 amide bonds. The highest BCUT2D eigenvalue weighted by Gasteiger charge is 2.39. The van der Waals surface area contributed by atoms with Gasteiger partial charge < -0.3 is 14.5 Å². The van der Waals surface area contributed by atoms with Gasteiger partial charge in [-0.2, -0.15) is 0 Å². The number of thiazole rings is 1. The second-order valence-electron chi connectivity index (χ2n) is 8.14. The van der Waals surface area contributed by atoms with Gasteiger partial charge in [0.25, 0.3) is 10.0 Å². The van der Waals surface area contributed by atoms with Crippen LogP contribution < -0.4 is 19.3 Å². The Morgan fingerprint density at radius 3 is 2.82 bits per heavy atom. The number of carbonyl (C=O) groups excluding carboxylic acids is 1.